The van der Waals surface area contributed by atoms with Gasteiger partial charge in [0.1, 0.15) is 11.2 Å². The van der Waals surface area contributed by atoms with Crippen molar-refractivity contribution in [1.29, 1.82) is 0 Å². The fraction of sp³-hybridized carbons (Fsp3) is 0.588. The van der Waals surface area contributed by atoms with Crippen LogP contribution in [0.5, 0.6) is 0 Å². The first kappa shape index (κ1) is 15.5. The monoisotopic (exact) mass is 358 g/mol. The highest BCUT2D eigenvalue weighted by Crippen LogP contribution is 2.37. The maximum absolute atomic E-state index is 5.40. The number of hydrogen-bond acceptors (Lipinski definition) is 7. The molecule has 0 amide bonds. The zero-order valence-corrected chi connectivity index (χ0v) is 15.0. The number of anilines is 1. The largest absolute Gasteiger partial charge is 0.379 e. The van der Waals surface area contributed by atoms with E-state index < -0.39 is 0 Å². The molecule has 1 aliphatic carbocycles. The molecule has 0 radical (unpaired) electrons. The number of morpholine rings is 1. The predicted molar refractivity (Wildman–Crippen MR) is 98.6 cm³/mol. The number of aromatic nitrogens is 4. The van der Waals surface area contributed by atoms with Crippen molar-refractivity contribution in [1.82, 2.24) is 24.5 Å². The van der Waals surface area contributed by atoms with Gasteiger partial charge < -0.3 is 10.1 Å². The Morgan fingerprint density at radius 2 is 2.08 bits per heavy atom. The van der Waals surface area contributed by atoms with Crippen LogP contribution in [0.3, 0.4) is 0 Å². The first-order valence-corrected chi connectivity index (χ1v) is 9.90. The van der Waals surface area contributed by atoms with Crippen LogP contribution in [-0.4, -0.2) is 63.9 Å². The standard InChI is InChI=1S/C17H22N6OS/c1-2-4-13-12(3-1)14-15-19-11-20-23(15)17(21-16(14)25-13)18-5-6-22-7-9-24-10-8-22/h11H,1-10H2,(H,18,21). The molecule has 0 unspecified atom stereocenters. The summed E-state index contributed by atoms with van der Waals surface area (Å²) in [5.74, 6) is 0.798. The van der Waals surface area contributed by atoms with E-state index in [1.807, 2.05) is 15.9 Å². The quantitative estimate of drug-likeness (QED) is 0.769. The maximum atomic E-state index is 5.40. The molecule has 8 heteroatoms. The number of ether oxygens (including phenoxy) is 1. The second kappa shape index (κ2) is 6.51. The van der Waals surface area contributed by atoms with Gasteiger partial charge in [0.05, 0.1) is 18.6 Å². The number of nitrogens with zero attached hydrogens (tertiary/aromatic N) is 5. The first-order valence-electron chi connectivity index (χ1n) is 9.08. The van der Waals surface area contributed by atoms with Gasteiger partial charge in [0, 0.05) is 31.1 Å². The van der Waals surface area contributed by atoms with E-state index in [-0.39, 0.29) is 0 Å². The third-order valence-electron chi connectivity index (χ3n) is 5.15. The first-order chi connectivity index (χ1) is 12.4. The van der Waals surface area contributed by atoms with Crippen molar-refractivity contribution in [2.45, 2.75) is 25.7 Å². The summed E-state index contributed by atoms with van der Waals surface area (Å²) in [6.45, 7) is 5.50. The molecule has 132 valence electrons. The highest BCUT2D eigenvalue weighted by Gasteiger charge is 2.21. The average Bonchev–Trinajstić information content (AvgIpc) is 3.26. The zero-order chi connectivity index (χ0) is 16.6. The molecule has 25 heavy (non-hydrogen) atoms. The highest BCUT2D eigenvalue weighted by molar-refractivity contribution is 7.19. The Labute approximate surface area is 150 Å². The summed E-state index contributed by atoms with van der Waals surface area (Å²) in [5.41, 5.74) is 2.40. The van der Waals surface area contributed by atoms with Crippen LogP contribution in [0.4, 0.5) is 5.95 Å². The van der Waals surface area contributed by atoms with Crippen LogP contribution in [0.1, 0.15) is 23.3 Å². The lowest BCUT2D eigenvalue weighted by Crippen LogP contribution is -2.39. The molecular weight excluding hydrogens is 336 g/mol. The van der Waals surface area contributed by atoms with Crippen molar-refractivity contribution in [2.24, 2.45) is 0 Å². The van der Waals surface area contributed by atoms with E-state index in [4.69, 9.17) is 9.72 Å². The summed E-state index contributed by atoms with van der Waals surface area (Å²) in [6.07, 6.45) is 6.50. The molecule has 1 saturated heterocycles. The normalized spacial score (nSPS) is 18.7. The van der Waals surface area contributed by atoms with E-state index >= 15 is 0 Å². The maximum Gasteiger partial charge on any atom is 0.227 e. The van der Waals surface area contributed by atoms with E-state index in [2.05, 4.69) is 20.3 Å². The summed E-state index contributed by atoms with van der Waals surface area (Å²) in [7, 11) is 0. The zero-order valence-electron chi connectivity index (χ0n) is 14.2. The molecule has 4 heterocycles. The van der Waals surface area contributed by atoms with Crippen LogP contribution in [-0.2, 0) is 17.6 Å². The highest BCUT2D eigenvalue weighted by atomic mass is 32.1. The Morgan fingerprint density at radius 1 is 1.20 bits per heavy atom. The summed E-state index contributed by atoms with van der Waals surface area (Å²) < 4.78 is 7.27. The molecule has 0 atom stereocenters. The third-order valence-corrected chi connectivity index (χ3v) is 6.33. The SMILES string of the molecule is c1nc2c3c4c(sc3nc(NCCN3CCOCC3)n2n1)CCCC4. The second-order valence-corrected chi connectivity index (χ2v) is 7.79. The minimum Gasteiger partial charge on any atom is -0.379 e. The number of thiophene rings is 1. The summed E-state index contributed by atoms with van der Waals surface area (Å²) in [4.78, 5) is 14.4. The van der Waals surface area contributed by atoms with E-state index in [0.717, 1.165) is 62.2 Å². The van der Waals surface area contributed by atoms with E-state index in [1.54, 1.807) is 6.33 Å². The number of nitrogens with one attached hydrogen (secondary N) is 1. The van der Waals surface area contributed by atoms with Crippen molar-refractivity contribution in [3.05, 3.63) is 16.8 Å². The van der Waals surface area contributed by atoms with Gasteiger partial charge in [-0.1, -0.05) is 0 Å². The van der Waals surface area contributed by atoms with Gasteiger partial charge in [-0.05, 0) is 31.2 Å². The Morgan fingerprint density at radius 3 is 3.00 bits per heavy atom. The molecule has 1 aliphatic heterocycles. The Bertz CT molecular complexity index is 897. The van der Waals surface area contributed by atoms with Crippen LogP contribution < -0.4 is 5.32 Å². The molecule has 1 N–H and O–H groups in total. The number of aryl methyl sites for hydroxylation is 2. The Kier molecular flexibility index (Phi) is 4.03. The minimum atomic E-state index is 0.798. The van der Waals surface area contributed by atoms with Crippen molar-refractivity contribution >= 4 is 33.1 Å². The van der Waals surface area contributed by atoms with Crippen molar-refractivity contribution in [3.8, 4) is 0 Å². The number of rotatable bonds is 4. The molecule has 1 fully saturated rings. The van der Waals surface area contributed by atoms with Gasteiger partial charge in [-0.25, -0.2) is 9.97 Å². The summed E-state index contributed by atoms with van der Waals surface area (Å²) >= 11 is 1.83. The third kappa shape index (κ3) is 2.78. The van der Waals surface area contributed by atoms with Gasteiger partial charge in [0.25, 0.3) is 0 Å². The molecule has 3 aromatic rings. The molecular formula is C17H22N6OS. The molecule has 2 aliphatic rings. The molecule has 5 rings (SSSR count). The van der Waals surface area contributed by atoms with Gasteiger partial charge in [-0.2, -0.15) is 9.61 Å². The average molecular weight is 358 g/mol. The number of hydrogen-bond donors (Lipinski definition) is 1. The Balaban J connectivity index is 1.44. The summed E-state index contributed by atoms with van der Waals surface area (Å²) in [5, 5.41) is 9.10. The molecule has 7 nitrogen and oxygen atoms in total. The van der Waals surface area contributed by atoms with Crippen molar-refractivity contribution in [3.63, 3.8) is 0 Å². The fourth-order valence-electron chi connectivity index (χ4n) is 3.84. The van der Waals surface area contributed by atoms with Gasteiger partial charge in [-0.3, -0.25) is 4.90 Å². The molecule has 0 spiro atoms. The molecule has 0 aromatic carbocycles. The lowest BCUT2D eigenvalue weighted by Gasteiger charge is -2.26. The van der Waals surface area contributed by atoms with E-state index in [1.165, 1.54) is 35.1 Å². The van der Waals surface area contributed by atoms with Gasteiger partial charge >= 0.3 is 0 Å². The second-order valence-electron chi connectivity index (χ2n) is 6.70. The van der Waals surface area contributed by atoms with Crippen LogP contribution in [0.15, 0.2) is 6.33 Å². The van der Waals surface area contributed by atoms with Crippen molar-refractivity contribution in [2.75, 3.05) is 44.7 Å². The van der Waals surface area contributed by atoms with Crippen LogP contribution >= 0.6 is 11.3 Å². The topological polar surface area (TPSA) is 67.6 Å². The Hall–Kier alpha value is -1.77. The number of fused-ring (bicyclic) bond motifs is 5. The van der Waals surface area contributed by atoms with Crippen LogP contribution in [0.25, 0.3) is 15.9 Å². The smallest absolute Gasteiger partial charge is 0.227 e. The predicted octanol–water partition coefficient (Wildman–Crippen LogP) is 1.96. The van der Waals surface area contributed by atoms with E-state index in [9.17, 15) is 0 Å². The van der Waals surface area contributed by atoms with Gasteiger partial charge in [0.2, 0.25) is 5.95 Å². The summed E-state index contributed by atoms with van der Waals surface area (Å²) in [6, 6.07) is 0. The lowest BCUT2D eigenvalue weighted by atomic mass is 9.97. The van der Waals surface area contributed by atoms with Gasteiger partial charge in [0.15, 0.2) is 5.65 Å². The van der Waals surface area contributed by atoms with Crippen molar-refractivity contribution < 1.29 is 4.74 Å². The lowest BCUT2D eigenvalue weighted by molar-refractivity contribution is 0.0398. The van der Waals surface area contributed by atoms with E-state index in [0.29, 0.717) is 0 Å². The molecule has 3 aromatic heterocycles. The minimum absolute atomic E-state index is 0.798. The fourth-order valence-corrected chi connectivity index (χ4v) is 5.09. The molecule has 0 bridgehead atoms. The van der Waals surface area contributed by atoms with Crippen LogP contribution in [0, 0.1) is 0 Å². The van der Waals surface area contributed by atoms with Crippen LogP contribution in [0.2, 0.25) is 0 Å². The van der Waals surface area contributed by atoms with Gasteiger partial charge in [-0.15, -0.1) is 11.3 Å². The molecule has 0 saturated carbocycles.